The van der Waals surface area contributed by atoms with Crippen LogP contribution in [0, 0.1) is 13.8 Å². The van der Waals surface area contributed by atoms with Crippen molar-refractivity contribution in [3.05, 3.63) is 52.6 Å². The third-order valence-corrected chi connectivity index (χ3v) is 5.42. The van der Waals surface area contributed by atoms with Gasteiger partial charge in [-0.25, -0.2) is 4.98 Å². The largest absolute Gasteiger partial charge is 0.504 e. The number of amides is 1. The van der Waals surface area contributed by atoms with E-state index in [4.69, 9.17) is 9.15 Å². The molecule has 1 aliphatic heterocycles. The monoisotopic (exact) mass is 370 g/mol. The zero-order chi connectivity index (χ0) is 18.3. The van der Waals surface area contributed by atoms with Crippen LogP contribution in [-0.4, -0.2) is 34.0 Å². The van der Waals surface area contributed by atoms with Gasteiger partial charge in [-0.1, -0.05) is 0 Å². The van der Waals surface area contributed by atoms with E-state index in [0.29, 0.717) is 36.9 Å². The number of carbonyl (C=O) groups excluding carboxylic acids is 1. The first-order chi connectivity index (χ1) is 12.5. The van der Waals surface area contributed by atoms with Gasteiger partial charge in [0.15, 0.2) is 23.6 Å². The average molecular weight is 370 g/mol. The Morgan fingerprint density at radius 2 is 2.15 bits per heavy atom. The number of carbonyl (C=O) groups is 1. The summed E-state index contributed by atoms with van der Waals surface area (Å²) in [5, 5.41) is 10.4. The van der Waals surface area contributed by atoms with E-state index in [2.05, 4.69) is 4.98 Å². The van der Waals surface area contributed by atoms with Gasteiger partial charge in [-0.05, 0) is 43.7 Å². The van der Waals surface area contributed by atoms with E-state index < -0.39 is 0 Å². The zero-order valence-electron chi connectivity index (χ0n) is 14.5. The molecule has 1 amide bonds. The first kappa shape index (κ1) is 16.7. The van der Waals surface area contributed by atoms with Crippen molar-refractivity contribution in [1.82, 2.24) is 9.88 Å². The second kappa shape index (κ2) is 6.49. The minimum atomic E-state index is -0.204. The van der Waals surface area contributed by atoms with Crippen LogP contribution in [0.3, 0.4) is 0 Å². The minimum Gasteiger partial charge on any atom is -0.504 e. The number of rotatable bonds is 2. The van der Waals surface area contributed by atoms with Crippen LogP contribution < -0.4 is 4.74 Å². The summed E-state index contributed by atoms with van der Waals surface area (Å²) >= 11 is 1.66. The summed E-state index contributed by atoms with van der Waals surface area (Å²) in [7, 11) is 0. The van der Waals surface area contributed by atoms with Crippen molar-refractivity contribution >= 4 is 17.2 Å². The Balaban J connectivity index is 1.70. The van der Waals surface area contributed by atoms with Gasteiger partial charge in [-0.3, -0.25) is 4.79 Å². The highest BCUT2D eigenvalue weighted by molar-refractivity contribution is 7.15. The third-order valence-electron chi connectivity index (χ3n) is 4.37. The highest BCUT2D eigenvalue weighted by Gasteiger charge is 2.26. The van der Waals surface area contributed by atoms with Gasteiger partial charge in [-0.15, -0.1) is 11.3 Å². The van der Waals surface area contributed by atoms with Crippen LogP contribution in [0.2, 0.25) is 0 Å². The molecule has 0 atom stereocenters. The maximum absolute atomic E-state index is 12.8. The number of benzene rings is 1. The summed E-state index contributed by atoms with van der Waals surface area (Å²) in [5.74, 6) is 0.820. The van der Waals surface area contributed by atoms with E-state index in [1.807, 2.05) is 25.1 Å². The van der Waals surface area contributed by atoms with Crippen molar-refractivity contribution in [2.75, 3.05) is 13.2 Å². The first-order valence-electron chi connectivity index (χ1n) is 8.28. The number of fused-ring (bicyclic) bond motifs is 1. The number of hydrogen-bond donors (Lipinski definition) is 1. The van der Waals surface area contributed by atoms with Crippen molar-refractivity contribution in [1.29, 1.82) is 0 Å². The fraction of sp³-hybridized carbons (Fsp3) is 0.263. The lowest BCUT2D eigenvalue weighted by atomic mass is 10.1. The maximum Gasteiger partial charge on any atom is 0.276 e. The van der Waals surface area contributed by atoms with Crippen LogP contribution in [0.1, 0.15) is 26.7 Å². The fourth-order valence-corrected chi connectivity index (χ4v) is 3.92. The van der Waals surface area contributed by atoms with Gasteiger partial charge in [0, 0.05) is 21.9 Å². The summed E-state index contributed by atoms with van der Waals surface area (Å²) in [6.07, 6.45) is 1.27. The highest BCUT2D eigenvalue weighted by atomic mass is 32.1. The second-order valence-corrected chi connectivity index (χ2v) is 7.51. The summed E-state index contributed by atoms with van der Waals surface area (Å²) < 4.78 is 10.9. The van der Waals surface area contributed by atoms with Gasteiger partial charge in [0.2, 0.25) is 0 Å². The topological polar surface area (TPSA) is 75.8 Å². The quantitative estimate of drug-likeness (QED) is 0.743. The Morgan fingerprint density at radius 1 is 1.31 bits per heavy atom. The molecular formula is C19H18N2O4S. The van der Waals surface area contributed by atoms with Crippen LogP contribution in [0.25, 0.3) is 10.4 Å². The average Bonchev–Trinajstić information content (AvgIpc) is 3.17. The van der Waals surface area contributed by atoms with Crippen LogP contribution in [-0.2, 0) is 6.54 Å². The molecule has 0 bridgehead atoms. The SMILES string of the molecule is Cc1ccc(-c2cc(O)c3c(c2)CN(C(=O)c2ncoc2C)CCO3)s1. The van der Waals surface area contributed by atoms with Crippen molar-refractivity contribution in [3.8, 4) is 21.9 Å². The lowest BCUT2D eigenvalue weighted by Gasteiger charge is -2.19. The fourth-order valence-electron chi connectivity index (χ4n) is 3.06. The molecule has 4 rings (SSSR count). The van der Waals surface area contributed by atoms with Crippen molar-refractivity contribution in [3.63, 3.8) is 0 Å². The number of hydrogen-bond acceptors (Lipinski definition) is 6. The van der Waals surface area contributed by atoms with Gasteiger partial charge >= 0.3 is 0 Å². The molecule has 1 aromatic carbocycles. The number of aryl methyl sites for hydroxylation is 2. The Kier molecular flexibility index (Phi) is 4.16. The summed E-state index contributed by atoms with van der Waals surface area (Å²) in [6, 6.07) is 7.76. The third kappa shape index (κ3) is 2.94. The summed E-state index contributed by atoms with van der Waals surface area (Å²) in [6.45, 7) is 4.81. The first-order valence-corrected chi connectivity index (χ1v) is 9.09. The number of thiophene rings is 1. The van der Waals surface area contributed by atoms with E-state index in [-0.39, 0.29) is 11.7 Å². The lowest BCUT2D eigenvalue weighted by Crippen LogP contribution is -2.33. The predicted molar refractivity (Wildman–Crippen MR) is 97.6 cm³/mol. The molecule has 6 nitrogen and oxygen atoms in total. The Morgan fingerprint density at radius 3 is 2.85 bits per heavy atom. The van der Waals surface area contributed by atoms with Gasteiger partial charge < -0.3 is 19.2 Å². The summed E-state index contributed by atoms with van der Waals surface area (Å²) in [4.78, 5) is 20.7. The number of aromatic nitrogens is 1. The molecule has 0 spiro atoms. The standard InChI is InChI=1S/C19H18N2O4S/c1-11-3-4-16(26-11)13-7-14-9-21(5-6-24-18(14)15(22)8-13)19(23)17-12(2)25-10-20-17/h3-4,7-8,10,22H,5-6,9H2,1-2H3. The molecule has 0 unspecified atom stereocenters. The molecule has 0 radical (unpaired) electrons. The molecule has 0 saturated heterocycles. The number of oxazole rings is 1. The maximum atomic E-state index is 12.8. The summed E-state index contributed by atoms with van der Waals surface area (Å²) in [5.41, 5.74) is 2.00. The normalized spacial score (nSPS) is 13.8. The highest BCUT2D eigenvalue weighted by Crippen LogP contribution is 2.39. The van der Waals surface area contributed by atoms with E-state index in [9.17, 15) is 9.90 Å². The second-order valence-electron chi connectivity index (χ2n) is 6.23. The number of ether oxygens (including phenoxy) is 1. The molecule has 2 aromatic heterocycles. The van der Waals surface area contributed by atoms with Gasteiger partial charge in [0.1, 0.15) is 12.4 Å². The Bertz CT molecular complexity index is 976. The van der Waals surface area contributed by atoms with Gasteiger partial charge in [0.05, 0.1) is 6.54 Å². The molecule has 7 heteroatoms. The van der Waals surface area contributed by atoms with Crippen LogP contribution in [0.5, 0.6) is 11.5 Å². The molecule has 0 aliphatic carbocycles. The van der Waals surface area contributed by atoms with Crippen LogP contribution in [0.4, 0.5) is 0 Å². The van der Waals surface area contributed by atoms with E-state index in [1.165, 1.54) is 11.3 Å². The zero-order valence-corrected chi connectivity index (χ0v) is 15.3. The van der Waals surface area contributed by atoms with E-state index in [1.54, 1.807) is 29.2 Å². The number of nitrogens with zero attached hydrogens (tertiary/aromatic N) is 2. The molecule has 0 saturated carbocycles. The molecule has 26 heavy (non-hydrogen) atoms. The van der Waals surface area contributed by atoms with Crippen LogP contribution in [0.15, 0.2) is 35.1 Å². The Labute approximate surface area is 154 Å². The van der Waals surface area contributed by atoms with Crippen molar-refractivity contribution in [2.45, 2.75) is 20.4 Å². The van der Waals surface area contributed by atoms with Crippen molar-refractivity contribution in [2.24, 2.45) is 0 Å². The molecule has 1 N–H and O–H groups in total. The molecule has 3 heterocycles. The van der Waals surface area contributed by atoms with Crippen LogP contribution >= 0.6 is 11.3 Å². The van der Waals surface area contributed by atoms with Gasteiger partial charge in [0.25, 0.3) is 5.91 Å². The molecule has 134 valence electrons. The number of phenolic OH excluding ortho intramolecular Hbond substituents is 1. The molecule has 1 aliphatic rings. The van der Waals surface area contributed by atoms with Crippen molar-refractivity contribution < 1.29 is 19.1 Å². The molecular weight excluding hydrogens is 352 g/mol. The van der Waals surface area contributed by atoms with Gasteiger partial charge in [-0.2, -0.15) is 0 Å². The molecule has 3 aromatic rings. The number of aromatic hydroxyl groups is 1. The van der Waals surface area contributed by atoms with E-state index in [0.717, 1.165) is 16.0 Å². The minimum absolute atomic E-state index is 0.0930. The lowest BCUT2D eigenvalue weighted by molar-refractivity contribution is 0.0726. The van der Waals surface area contributed by atoms with E-state index >= 15 is 0 Å². The Hall–Kier alpha value is -2.80. The smallest absolute Gasteiger partial charge is 0.276 e. The number of phenols is 1. The predicted octanol–water partition coefficient (Wildman–Crippen LogP) is 3.76. The molecule has 0 fully saturated rings.